The molecule has 3 N–H and O–H groups in total. The van der Waals surface area contributed by atoms with Crippen molar-refractivity contribution in [1.29, 1.82) is 0 Å². The van der Waals surface area contributed by atoms with Gasteiger partial charge in [-0.15, -0.1) is 12.3 Å². The second kappa shape index (κ2) is 6.67. The van der Waals surface area contributed by atoms with Crippen molar-refractivity contribution >= 4 is 33.6 Å². The molecule has 0 aliphatic rings. The number of rotatable bonds is 4. The van der Waals surface area contributed by atoms with Gasteiger partial charge in [0, 0.05) is 17.4 Å². The normalized spacial score (nSPS) is 9.33. The van der Waals surface area contributed by atoms with Crippen LogP contribution in [0.25, 0.3) is 0 Å². The van der Waals surface area contributed by atoms with Crippen LogP contribution in [0.15, 0.2) is 22.7 Å². The molecule has 94 valence electrons. The number of anilines is 1. The SMILES string of the molecule is C#CCCNC(=O)Nc1ccc(Br)cc1C(=O)O. The molecule has 0 atom stereocenters. The van der Waals surface area contributed by atoms with Gasteiger partial charge in [-0.3, -0.25) is 0 Å². The highest BCUT2D eigenvalue weighted by Crippen LogP contribution is 2.21. The summed E-state index contributed by atoms with van der Waals surface area (Å²) < 4.78 is 0.623. The Labute approximate surface area is 113 Å². The van der Waals surface area contributed by atoms with Gasteiger partial charge in [0.25, 0.3) is 0 Å². The van der Waals surface area contributed by atoms with E-state index < -0.39 is 12.0 Å². The van der Waals surface area contributed by atoms with E-state index in [1.54, 1.807) is 6.07 Å². The number of carbonyl (C=O) groups excluding carboxylic acids is 1. The van der Waals surface area contributed by atoms with Crippen molar-refractivity contribution < 1.29 is 14.7 Å². The molecule has 0 aromatic heterocycles. The Hall–Kier alpha value is -2.00. The van der Waals surface area contributed by atoms with Crippen molar-refractivity contribution in [2.24, 2.45) is 0 Å². The predicted molar refractivity (Wildman–Crippen MR) is 71.6 cm³/mol. The predicted octanol–water partition coefficient (Wildman–Crippen LogP) is 2.29. The summed E-state index contributed by atoms with van der Waals surface area (Å²) >= 11 is 3.17. The zero-order chi connectivity index (χ0) is 13.5. The minimum atomic E-state index is -1.12. The Bertz CT molecular complexity index is 509. The second-order valence-electron chi connectivity index (χ2n) is 3.33. The van der Waals surface area contributed by atoms with Crippen LogP contribution in [0.3, 0.4) is 0 Å². The van der Waals surface area contributed by atoms with Crippen molar-refractivity contribution in [2.75, 3.05) is 11.9 Å². The molecule has 1 aromatic carbocycles. The molecule has 0 bridgehead atoms. The van der Waals surface area contributed by atoms with Crippen molar-refractivity contribution in [3.05, 3.63) is 28.2 Å². The number of carboxylic acid groups (broad SMARTS) is 1. The maximum Gasteiger partial charge on any atom is 0.337 e. The van der Waals surface area contributed by atoms with Crippen molar-refractivity contribution in [2.45, 2.75) is 6.42 Å². The summed E-state index contributed by atoms with van der Waals surface area (Å²) in [7, 11) is 0. The van der Waals surface area contributed by atoms with Crippen LogP contribution in [0, 0.1) is 12.3 Å². The first kappa shape index (κ1) is 14.1. The third kappa shape index (κ3) is 4.11. The Morgan fingerprint density at radius 3 is 2.78 bits per heavy atom. The Balaban J connectivity index is 2.75. The number of halogens is 1. The van der Waals surface area contributed by atoms with Crippen LogP contribution in [0.4, 0.5) is 10.5 Å². The standard InChI is InChI=1S/C12H11BrN2O3/c1-2-3-6-14-12(18)15-10-5-4-8(13)7-9(10)11(16)17/h1,4-5,7H,3,6H2,(H,16,17)(H2,14,15,18). The number of amides is 2. The van der Waals surface area contributed by atoms with Gasteiger partial charge < -0.3 is 15.7 Å². The summed E-state index contributed by atoms with van der Waals surface area (Å²) in [6.07, 6.45) is 5.46. The quantitative estimate of drug-likeness (QED) is 0.590. The van der Waals surface area contributed by atoms with Crippen LogP contribution in [0.2, 0.25) is 0 Å². The zero-order valence-electron chi connectivity index (χ0n) is 9.37. The molecule has 5 nitrogen and oxygen atoms in total. The summed E-state index contributed by atoms with van der Waals surface area (Å²) in [6.45, 7) is 0.335. The average Bonchev–Trinajstić information content (AvgIpc) is 2.31. The Morgan fingerprint density at radius 1 is 1.44 bits per heavy atom. The fourth-order valence-electron chi connectivity index (χ4n) is 1.22. The third-order valence-electron chi connectivity index (χ3n) is 2.02. The lowest BCUT2D eigenvalue weighted by Crippen LogP contribution is -2.30. The molecule has 0 radical (unpaired) electrons. The van der Waals surface area contributed by atoms with E-state index in [1.807, 2.05) is 0 Å². The van der Waals surface area contributed by atoms with Crippen LogP contribution in [-0.2, 0) is 0 Å². The molecular formula is C12H11BrN2O3. The number of aromatic carboxylic acids is 1. The fraction of sp³-hybridized carbons (Fsp3) is 0.167. The number of carboxylic acids is 1. The van der Waals surface area contributed by atoms with Gasteiger partial charge in [0.05, 0.1) is 11.3 Å². The van der Waals surface area contributed by atoms with E-state index in [1.165, 1.54) is 12.1 Å². The fourth-order valence-corrected chi connectivity index (χ4v) is 1.58. The number of hydrogen-bond donors (Lipinski definition) is 3. The maximum absolute atomic E-state index is 11.5. The summed E-state index contributed by atoms with van der Waals surface area (Å²) in [5, 5.41) is 14.0. The van der Waals surface area contributed by atoms with Gasteiger partial charge >= 0.3 is 12.0 Å². The summed E-state index contributed by atoms with van der Waals surface area (Å²) in [5.41, 5.74) is 0.236. The molecule has 0 heterocycles. The first-order valence-corrected chi connectivity index (χ1v) is 5.85. The second-order valence-corrected chi connectivity index (χ2v) is 4.25. The summed E-state index contributed by atoms with van der Waals surface area (Å²) in [4.78, 5) is 22.4. The van der Waals surface area contributed by atoms with E-state index >= 15 is 0 Å². The van der Waals surface area contributed by atoms with Gasteiger partial charge in [-0.2, -0.15) is 0 Å². The van der Waals surface area contributed by atoms with Crippen LogP contribution < -0.4 is 10.6 Å². The molecule has 0 spiro atoms. The first-order chi connectivity index (χ1) is 8.54. The number of nitrogens with one attached hydrogen (secondary N) is 2. The molecule has 0 saturated heterocycles. The maximum atomic E-state index is 11.5. The lowest BCUT2D eigenvalue weighted by atomic mass is 10.2. The molecule has 0 saturated carbocycles. The molecule has 0 aliphatic heterocycles. The summed E-state index contributed by atoms with van der Waals surface area (Å²) in [5.74, 6) is 1.27. The van der Waals surface area contributed by atoms with Crippen molar-refractivity contribution in [3.8, 4) is 12.3 Å². The zero-order valence-corrected chi connectivity index (χ0v) is 11.0. The van der Waals surface area contributed by atoms with Crippen LogP contribution in [0.1, 0.15) is 16.8 Å². The van der Waals surface area contributed by atoms with E-state index in [-0.39, 0.29) is 11.3 Å². The number of benzene rings is 1. The monoisotopic (exact) mass is 310 g/mol. The molecule has 2 amide bonds. The van der Waals surface area contributed by atoms with Crippen molar-refractivity contribution in [3.63, 3.8) is 0 Å². The number of urea groups is 1. The molecule has 0 aliphatic carbocycles. The Morgan fingerprint density at radius 2 is 2.17 bits per heavy atom. The number of hydrogen-bond acceptors (Lipinski definition) is 2. The summed E-state index contributed by atoms with van der Waals surface area (Å²) in [6, 6.07) is 4.08. The topological polar surface area (TPSA) is 78.4 Å². The highest BCUT2D eigenvalue weighted by Gasteiger charge is 2.12. The first-order valence-electron chi connectivity index (χ1n) is 5.05. The molecule has 6 heteroatoms. The molecule has 0 unspecified atom stereocenters. The van der Waals surface area contributed by atoms with Gasteiger partial charge in [0.2, 0.25) is 0 Å². The van der Waals surface area contributed by atoms with Gasteiger partial charge in [-0.05, 0) is 18.2 Å². The van der Waals surface area contributed by atoms with Gasteiger partial charge in [0.1, 0.15) is 0 Å². The van der Waals surface area contributed by atoms with E-state index in [0.717, 1.165) is 0 Å². The van der Waals surface area contributed by atoms with E-state index in [9.17, 15) is 9.59 Å². The lowest BCUT2D eigenvalue weighted by Gasteiger charge is -2.09. The third-order valence-corrected chi connectivity index (χ3v) is 2.51. The average molecular weight is 311 g/mol. The van der Waals surface area contributed by atoms with Crippen molar-refractivity contribution in [1.82, 2.24) is 5.32 Å². The molecule has 1 rings (SSSR count). The van der Waals surface area contributed by atoms with Crippen LogP contribution >= 0.6 is 15.9 Å². The highest BCUT2D eigenvalue weighted by atomic mass is 79.9. The molecule has 0 fully saturated rings. The van der Waals surface area contributed by atoms with E-state index in [2.05, 4.69) is 32.5 Å². The van der Waals surface area contributed by atoms with Crippen LogP contribution in [0.5, 0.6) is 0 Å². The van der Waals surface area contributed by atoms with Gasteiger partial charge in [-0.25, -0.2) is 9.59 Å². The largest absolute Gasteiger partial charge is 0.478 e. The minimum Gasteiger partial charge on any atom is -0.478 e. The Kier molecular flexibility index (Phi) is 5.21. The van der Waals surface area contributed by atoms with Gasteiger partial charge in [0.15, 0.2) is 0 Å². The van der Waals surface area contributed by atoms with E-state index in [0.29, 0.717) is 17.4 Å². The molecule has 1 aromatic rings. The highest BCUT2D eigenvalue weighted by molar-refractivity contribution is 9.10. The van der Waals surface area contributed by atoms with Gasteiger partial charge in [-0.1, -0.05) is 15.9 Å². The van der Waals surface area contributed by atoms with Crippen LogP contribution in [-0.4, -0.2) is 23.7 Å². The lowest BCUT2D eigenvalue weighted by molar-refractivity contribution is 0.0698. The number of carbonyl (C=O) groups is 2. The molecular weight excluding hydrogens is 300 g/mol. The smallest absolute Gasteiger partial charge is 0.337 e. The minimum absolute atomic E-state index is 0.0106. The number of terminal acetylenes is 1. The van der Waals surface area contributed by atoms with E-state index in [4.69, 9.17) is 11.5 Å². The molecule has 18 heavy (non-hydrogen) atoms.